The Hall–Kier alpha value is -2.35. The Labute approximate surface area is 131 Å². The molecule has 0 spiro atoms. The van der Waals surface area contributed by atoms with E-state index in [9.17, 15) is 4.79 Å². The average Bonchev–Trinajstić information content (AvgIpc) is 3.11. The first-order valence-electron chi connectivity index (χ1n) is 6.69. The second-order valence-corrected chi connectivity index (χ2v) is 5.68. The van der Waals surface area contributed by atoms with E-state index < -0.39 is 0 Å². The summed E-state index contributed by atoms with van der Waals surface area (Å²) in [4.78, 5) is 20.6. The smallest absolute Gasteiger partial charge is 0.271 e. The fraction of sp³-hybridized carbons (Fsp3) is 0.286. The first-order valence-corrected chi connectivity index (χ1v) is 8.09. The Morgan fingerprint density at radius 3 is 3.05 bits per heavy atom. The lowest BCUT2D eigenvalue weighted by atomic mass is 10.3. The van der Waals surface area contributed by atoms with Gasteiger partial charge in [-0.15, -0.1) is 0 Å². The molecule has 8 heteroatoms. The number of aromatic nitrogens is 4. The molecule has 0 bridgehead atoms. The second-order valence-electron chi connectivity index (χ2n) is 4.82. The SMILES string of the molecule is CSCc1noc(CNC(=O)c2cn3cc(C)ccc3n2)n1. The maximum Gasteiger partial charge on any atom is 0.271 e. The Morgan fingerprint density at radius 2 is 2.23 bits per heavy atom. The van der Waals surface area contributed by atoms with Gasteiger partial charge in [0.25, 0.3) is 5.91 Å². The van der Waals surface area contributed by atoms with Crippen molar-refractivity contribution >= 4 is 23.3 Å². The minimum atomic E-state index is -0.272. The standard InChI is InChI=1S/C14H15N5O2S/c1-9-3-4-12-16-10(7-19(12)6-9)14(20)15-5-13-17-11(8-22-2)18-21-13/h3-4,6-7H,5,8H2,1-2H3,(H,15,20). The van der Waals surface area contributed by atoms with E-state index in [0.717, 1.165) is 11.2 Å². The lowest BCUT2D eigenvalue weighted by Crippen LogP contribution is -2.23. The highest BCUT2D eigenvalue weighted by Crippen LogP contribution is 2.08. The highest BCUT2D eigenvalue weighted by Gasteiger charge is 2.12. The fourth-order valence-electron chi connectivity index (χ4n) is 2.01. The zero-order valence-corrected chi connectivity index (χ0v) is 13.1. The number of amides is 1. The summed E-state index contributed by atoms with van der Waals surface area (Å²) < 4.78 is 6.89. The van der Waals surface area contributed by atoms with Crippen molar-refractivity contribution in [2.75, 3.05) is 6.26 Å². The number of thioether (sulfide) groups is 1. The molecule has 22 heavy (non-hydrogen) atoms. The number of nitrogens with zero attached hydrogens (tertiary/aromatic N) is 4. The molecule has 0 saturated carbocycles. The van der Waals surface area contributed by atoms with Crippen molar-refractivity contribution in [2.45, 2.75) is 19.2 Å². The van der Waals surface area contributed by atoms with E-state index in [0.29, 0.717) is 23.2 Å². The summed E-state index contributed by atoms with van der Waals surface area (Å²) in [6.07, 6.45) is 5.58. The number of pyridine rings is 1. The number of carbonyl (C=O) groups excluding carboxylic acids is 1. The third-order valence-corrected chi connectivity index (χ3v) is 3.56. The Kier molecular flexibility index (Phi) is 4.10. The average molecular weight is 317 g/mol. The van der Waals surface area contributed by atoms with Gasteiger partial charge in [0.05, 0.1) is 12.3 Å². The van der Waals surface area contributed by atoms with Gasteiger partial charge in [-0.1, -0.05) is 11.2 Å². The predicted molar refractivity (Wildman–Crippen MR) is 82.6 cm³/mol. The van der Waals surface area contributed by atoms with Gasteiger partial charge in [-0.05, 0) is 24.8 Å². The van der Waals surface area contributed by atoms with E-state index in [4.69, 9.17) is 4.52 Å². The molecule has 0 unspecified atom stereocenters. The summed E-state index contributed by atoms with van der Waals surface area (Å²) in [5, 5.41) is 6.55. The summed E-state index contributed by atoms with van der Waals surface area (Å²) >= 11 is 1.61. The molecule has 0 aliphatic carbocycles. The van der Waals surface area contributed by atoms with Crippen molar-refractivity contribution in [3.05, 3.63) is 47.5 Å². The summed E-state index contributed by atoms with van der Waals surface area (Å²) in [6.45, 7) is 2.17. The zero-order valence-electron chi connectivity index (χ0n) is 12.2. The number of aryl methyl sites for hydroxylation is 1. The second kappa shape index (κ2) is 6.18. The number of hydrogen-bond donors (Lipinski definition) is 1. The molecule has 0 aliphatic rings. The number of imidazole rings is 1. The zero-order chi connectivity index (χ0) is 15.5. The van der Waals surface area contributed by atoms with Crippen LogP contribution in [0.1, 0.15) is 27.8 Å². The highest BCUT2D eigenvalue weighted by molar-refractivity contribution is 7.97. The third-order valence-electron chi connectivity index (χ3n) is 3.02. The molecule has 3 aromatic heterocycles. The minimum absolute atomic E-state index is 0.188. The van der Waals surface area contributed by atoms with Crippen LogP contribution in [0.15, 0.2) is 29.0 Å². The molecule has 114 valence electrons. The van der Waals surface area contributed by atoms with Gasteiger partial charge in [0.15, 0.2) is 5.82 Å². The molecule has 0 aliphatic heterocycles. The topological polar surface area (TPSA) is 85.3 Å². The van der Waals surface area contributed by atoms with Crippen LogP contribution >= 0.6 is 11.8 Å². The van der Waals surface area contributed by atoms with Gasteiger partial charge < -0.3 is 14.2 Å². The van der Waals surface area contributed by atoms with Gasteiger partial charge in [-0.25, -0.2) is 4.98 Å². The van der Waals surface area contributed by atoms with Crippen molar-refractivity contribution in [1.29, 1.82) is 0 Å². The van der Waals surface area contributed by atoms with Crippen LogP contribution in [0, 0.1) is 6.92 Å². The fourth-order valence-corrected chi connectivity index (χ4v) is 2.38. The van der Waals surface area contributed by atoms with Gasteiger partial charge in [0, 0.05) is 12.4 Å². The molecule has 0 radical (unpaired) electrons. The molecule has 0 aromatic carbocycles. The number of rotatable bonds is 5. The maximum absolute atomic E-state index is 12.1. The lowest BCUT2D eigenvalue weighted by Gasteiger charge is -1.97. The van der Waals surface area contributed by atoms with E-state index in [1.807, 2.05) is 35.9 Å². The summed E-state index contributed by atoms with van der Waals surface area (Å²) in [5.74, 6) is 1.42. The highest BCUT2D eigenvalue weighted by atomic mass is 32.2. The molecular formula is C14H15N5O2S. The number of carbonyl (C=O) groups is 1. The van der Waals surface area contributed by atoms with Gasteiger partial charge in [-0.2, -0.15) is 16.7 Å². The number of nitrogens with one attached hydrogen (secondary N) is 1. The quantitative estimate of drug-likeness (QED) is 0.772. The van der Waals surface area contributed by atoms with Crippen molar-refractivity contribution < 1.29 is 9.32 Å². The Morgan fingerprint density at radius 1 is 1.36 bits per heavy atom. The van der Waals surface area contributed by atoms with Crippen LogP contribution in [0.4, 0.5) is 0 Å². The molecular weight excluding hydrogens is 302 g/mol. The lowest BCUT2D eigenvalue weighted by molar-refractivity contribution is 0.0942. The molecule has 0 atom stereocenters. The summed E-state index contributed by atoms with van der Waals surface area (Å²) in [6, 6.07) is 3.83. The van der Waals surface area contributed by atoms with Crippen LogP contribution in [-0.2, 0) is 12.3 Å². The summed E-state index contributed by atoms with van der Waals surface area (Å²) in [5.41, 5.74) is 2.19. The molecule has 3 heterocycles. The Balaban J connectivity index is 1.67. The first-order chi connectivity index (χ1) is 10.7. The van der Waals surface area contributed by atoms with Gasteiger partial charge in [0.1, 0.15) is 11.3 Å². The van der Waals surface area contributed by atoms with Crippen LogP contribution in [-0.4, -0.2) is 31.7 Å². The van der Waals surface area contributed by atoms with Crippen molar-refractivity contribution in [1.82, 2.24) is 24.8 Å². The maximum atomic E-state index is 12.1. The van der Waals surface area contributed by atoms with E-state index in [1.165, 1.54) is 0 Å². The monoisotopic (exact) mass is 317 g/mol. The number of hydrogen-bond acceptors (Lipinski definition) is 6. The van der Waals surface area contributed by atoms with Gasteiger partial charge in [-0.3, -0.25) is 4.79 Å². The largest absolute Gasteiger partial charge is 0.342 e. The van der Waals surface area contributed by atoms with Crippen molar-refractivity contribution in [2.24, 2.45) is 0 Å². The minimum Gasteiger partial charge on any atom is -0.342 e. The molecule has 0 saturated heterocycles. The van der Waals surface area contributed by atoms with Crippen LogP contribution in [0.3, 0.4) is 0 Å². The van der Waals surface area contributed by atoms with Crippen LogP contribution in [0.5, 0.6) is 0 Å². The van der Waals surface area contributed by atoms with Gasteiger partial charge >= 0.3 is 0 Å². The van der Waals surface area contributed by atoms with E-state index in [-0.39, 0.29) is 12.5 Å². The third kappa shape index (κ3) is 3.11. The van der Waals surface area contributed by atoms with Crippen LogP contribution < -0.4 is 5.32 Å². The molecule has 3 aromatic rings. The van der Waals surface area contributed by atoms with Crippen LogP contribution in [0.25, 0.3) is 5.65 Å². The van der Waals surface area contributed by atoms with Crippen molar-refractivity contribution in [3.63, 3.8) is 0 Å². The van der Waals surface area contributed by atoms with Gasteiger partial charge in [0.2, 0.25) is 5.89 Å². The molecule has 1 amide bonds. The molecule has 3 rings (SSSR count). The predicted octanol–water partition coefficient (Wildman–Crippen LogP) is 1.82. The Bertz CT molecular complexity index is 811. The van der Waals surface area contributed by atoms with E-state index in [2.05, 4.69) is 20.4 Å². The first kappa shape index (κ1) is 14.6. The summed E-state index contributed by atoms with van der Waals surface area (Å²) in [7, 11) is 0. The molecule has 0 fully saturated rings. The van der Waals surface area contributed by atoms with Crippen molar-refractivity contribution in [3.8, 4) is 0 Å². The normalized spacial score (nSPS) is 11.0. The van der Waals surface area contributed by atoms with E-state index >= 15 is 0 Å². The van der Waals surface area contributed by atoms with Crippen LogP contribution in [0.2, 0.25) is 0 Å². The van der Waals surface area contributed by atoms with E-state index in [1.54, 1.807) is 18.0 Å². The molecule has 1 N–H and O–H groups in total. The number of fused-ring (bicyclic) bond motifs is 1. The molecule has 7 nitrogen and oxygen atoms in total.